The largest absolute Gasteiger partial charge is 0.497 e. The smallest absolute Gasteiger partial charge is 0.286 e. The summed E-state index contributed by atoms with van der Waals surface area (Å²) in [5, 5.41) is 1.56. The first-order chi connectivity index (χ1) is 12.5. The molecule has 2 aromatic carbocycles. The molecule has 1 atom stereocenters. The van der Waals surface area contributed by atoms with E-state index in [2.05, 4.69) is 5.32 Å². The fraction of sp³-hybridized carbons (Fsp3) is 0.211. The van der Waals surface area contributed by atoms with Crippen LogP contribution in [0.15, 0.2) is 48.5 Å². The molecule has 0 saturated carbocycles. The Morgan fingerprint density at radius 3 is 2.48 bits per heavy atom. The summed E-state index contributed by atoms with van der Waals surface area (Å²) in [6, 6.07) is 14.0. The summed E-state index contributed by atoms with van der Waals surface area (Å²) in [5.41, 5.74) is 1.44. The van der Waals surface area contributed by atoms with Crippen LogP contribution in [0, 0.1) is 0 Å². The van der Waals surface area contributed by atoms with Crippen LogP contribution in [0.1, 0.15) is 15.9 Å². The monoisotopic (exact) mass is 410 g/mol. The van der Waals surface area contributed by atoms with Crippen molar-refractivity contribution in [3.8, 4) is 11.5 Å². The number of nitrogens with one attached hydrogen (secondary N) is 1. The molecule has 1 heterocycles. The third-order valence-corrected chi connectivity index (χ3v) is 4.85. The van der Waals surface area contributed by atoms with E-state index in [1.165, 1.54) is 0 Å². The number of carbonyl (C=O) groups excluding carboxylic acids is 3. The molecule has 0 spiro atoms. The van der Waals surface area contributed by atoms with Gasteiger partial charge in [-0.15, -0.1) is 0 Å². The number of hydrogen-bond acceptors (Lipinski definition) is 6. The van der Waals surface area contributed by atoms with Crippen molar-refractivity contribution < 1.29 is 23.9 Å². The zero-order valence-corrected chi connectivity index (χ0v) is 19.0. The molecule has 1 aliphatic heterocycles. The maximum absolute atomic E-state index is 12.2. The summed E-state index contributed by atoms with van der Waals surface area (Å²) in [5.74, 6) is 0.770. The van der Waals surface area contributed by atoms with Crippen molar-refractivity contribution >= 4 is 80.1 Å². The van der Waals surface area contributed by atoms with Crippen LogP contribution in [-0.4, -0.2) is 87.3 Å². The maximum atomic E-state index is 12.2. The average Bonchev–Trinajstić information content (AvgIpc) is 2.97. The number of rotatable bonds is 7. The average molecular weight is 411 g/mol. The SMILES string of the molecule is COc1cccc(C(=O)COc2ccc(CC3SC(=O)NC3=O)cc2)c1.[K]. The van der Waals surface area contributed by atoms with E-state index in [-0.39, 0.29) is 74.9 Å². The van der Waals surface area contributed by atoms with Crippen molar-refractivity contribution in [1.29, 1.82) is 0 Å². The minimum atomic E-state index is -0.399. The maximum Gasteiger partial charge on any atom is 0.286 e. The molecule has 2 amide bonds. The van der Waals surface area contributed by atoms with Gasteiger partial charge in [0.2, 0.25) is 5.91 Å². The third kappa shape index (κ3) is 6.16. The molecule has 0 aromatic heterocycles. The number of methoxy groups -OCH3 is 1. The molecule has 1 fully saturated rings. The Hall–Kier alpha value is -1.16. The molecular weight excluding hydrogens is 393 g/mol. The van der Waals surface area contributed by atoms with Gasteiger partial charge in [0.25, 0.3) is 5.24 Å². The molecule has 1 radical (unpaired) electrons. The second-order valence-electron chi connectivity index (χ2n) is 5.68. The van der Waals surface area contributed by atoms with Gasteiger partial charge in [-0.05, 0) is 36.2 Å². The zero-order chi connectivity index (χ0) is 18.5. The number of Topliss-reactive ketones (excluding diaryl/α,β-unsaturated/α-hetero) is 1. The van der Waals surface area contributed by atoms with Crippen molar-refractivity contribution in [2.45, 2.75) is 11.7 Å². The summed E-state index contributed by atoms with van der Waals surface area (Å²) >= 11 is 1.00. The van der Waals surface area contributed by atoms with E-state index in [0.29, 0.717) is 23.5 Å². The standard InChI is InChI=1S/C19H17NO5S.K/c1-24-15-4-2-3-13(10-15)16(21)11-25-14-7-5-12(6-8-14)9-17-18(22)20-19(23)26-17;/h2-8,10,17H,9,11H2,1H3,(H,20,22,23);. The fourth-order valence-corrected chi connectivity index (χ4v) is 3.35. The molecule has 27 heavy (non-hydrogen) atoms. The molecule has 0 aliphatic carbocycles. The molecule has 1 saturated heterocycles. The van der Waals surface area contributed by atoms with E-state index < -0.39 is 5.25 Å². The van der Waals surface area contributed by atoms with Crippen LogP contribution in [0.25, 0.3) is 0 Å². The molecule has 1 aliphatic rings. The summed E-state index contributed by atoms with van der Waals surface area (Å²) in [4.78, 5) is 35.0. The molecule has 2 aromatic rings. The Bertz CT molecular complexity index is 840. The van der Waals surface area contributed by atoms with Crippen LogP contribution in [0.5, 0.6) is 11.5 Å². The van der Waals surface area contributed by atoms with Gasteiger partial charge in [0.05, 0.1) is 12.4 Å². The Morgan fingerprint density at radius 2 is 1.85 bits per heavy atom. The minimum Gasteiger partial charge on any atom is -0.497 e. The summed E-state index contributed by atoms with van der Waals surface area (Å²) in [6.45, 7) is -0.0814. The molecule has 8 heteroatoms. The fourth-order valence-electron chi connectivity index (χ4n) is 2.49. The number of imide groups is 1. The number of ether oxygens (including phenoxy) is 2. The van der Waals surface area contributed by atoms with E-state index in [1.54, 1.807) is 43.5 Å². The van der Waals surface area contributed by atoms with Crippen LogP contribution in [0.2, 0.25) is 0 Å². The van der Waals surface area contributed by atoms with Gasteiger partial charge >= 0.3 is 0 Å². The quantitative estimate of drug-likeness (QED) is 0.558. The Labute approximate surface area is 203 Å². The van der Waals surface area contributed by atoms with Crippen molar-refractivity contribution in [3.05, 3.63) is 59.7 Å². The molecule has 3 rings (SSSR count). The third-order valence-electron chi connectivity index (χ3n) is 3.87. The van der Waals surface area contributed by atoms with Gasteiger partial charge < -0.3 is 9.47 Å². The second kappa shape index (κ2) is 10.4. The van der Waals surface area contributed by atoms with E-state index >= 15 is 0 Å². The van der Waals surface area contributed by atoms with Crippen LogP contribution in [-0.2, 0) is 11.2 Å². The summed E-state index contributed by atoms with van der Waals surface area (Å²) in [6.07, 6.45) is 0.464. The summed E-state index contributed by atoms with van der Waals surface area (Å²) in [7, 11) is 1.55. The van der Waals surface area contributed by atoms with Gasteiger partial charge in [0.1, 0.15) is 11.5 Å². The van der Waals surface area contributed by atoms with Gasteiger partial charge in [-0.1, -0.05) is 36.0 Å². The normalized spacial score (nSPS) is 15.7. The van der Waals surface area contributed by atoms with E-state index in [4.69, 9.17) is 9.47 Å². The van der Waals surface area contributed by atoms with Crippen molar-refractivity contribution in [2.75, 3.05) is 13.7 Å². The number of thioether (sulfide) groups is 1. The molecule has 6 nitrogen and oxygen atoms in total. The first-order valence-corrected chi connectivity index (χ1v) is 8.83. The topological polar surface area (TPSA) is 81.7 Å². The van der Waals surface area contributed by atoms with Gasteiger partial charge in [-0.3, -0.25) is 19.7 Å². The molecule has 135 valence electrons. The Balaban J connectivity index is 0.00000261. The van der Waals surface area contributed by atoms with Gasteiger partial charge in [0.15, 0.2) is 12.4 Å². The van der Waals surface area contributed by atoms with E-state index in [1.807, 2.05) is 12.1 Å². The molecular formula is C19H17KNO5S. The van der Waals surface area contributed by atoms with Crippen molar-refractivity contribution in [1.82, 2.24) is 5.32 Å². The van der Waals surface area contributed by atoms with E-state index in [0.717, 1.165) is 17.3 Å². The molecule has 0 bridgehead atoms. The predicted octanol–water partition coefficient (Wildman–Crippen LogP) is 2.47. The van der Waals surface area contributed by atoms with Crippen LogP contribution >= 0.6 is 11.8 Å². The van der Waals surface area contributed by atoms with Crippen LogP contribution < -0.4 is 14.8 Å². The molecule has 1 N–H and O–H groups in total. The zero-order valence-electron chi connectivity index (χ0n) is 15.1. The first kappa shape index (κ1) is 22.1. The Morgan fingerprint density at radius 1 is 1.11 bits per heavy atom. The first-order valence-electron chi connectivity index (χ1n) is 7.95. The number of hydrogen-bond donors (Lipinski definition) is 1. The second-order valence-corrected chi connectivity index (χ2v) is 6.85. The minimum absolute atomic E-state index is 0. The van der Waals surface area contributed by atoms with Gasteiger partial charge in [-0.25, -0.2) is 0 Å². The van der Waals surface area contributed by atoms with E-state index in [9.17, 15) is 14.4 Å². The number of amides is 2. The van der Waals surface area contributed by atoms with Crippen molar-refractivity contribution in [2.24, 2.45) is 0 Å². The number of benzene rings is 2. The van der Waals surface area contributed by atoms with Gasteiger partial charge in [-0.2, -0.15) is 0 Å². The van der Waals surface area contributed by atoms with Gasteiger partial charge in [0, 0.05) is 56.9 Å². The number of carbonyl (C=O) groups is 3. The number of ketones is 1. The van der Waals surface area contributed by atoms with Crippen LogP contribution in [0.3, 0.4) is 0 Å². The predicted molar refractivity (Wildman–Crippen MR) is 104 cm³/mol. The summed E-state index contributed by atoms with van der Waals surface area (Å²) < 4.78 is 10.6. The van der Waals surface area contributed by atoms with Crippen molar-refractivity contribution in [3.63, 3.8) is 0 Å². The van der Waals surface area contributed by atoms with Crippen LogP contribution in [0.4, 0.5) is 4.79 Å². The Kier molecular flexibility index (Phi) is 8.52. The molecule has 1 unspecified atom stereocenters.